The van der Waals surface area contributed by atoms with Gasteiger partial charge in [0.05, 0.1) is 0 Å². The van der Waals surface area contributed by atoms with Crippen molar-refractivity contribution < 1.29 is 19.2 Å². The summed E-state index contributed by atoms with van der Waals surface area (Å²) in [4.78, 5) is 52.2. The molecule has 0 bridgehead atoms. The number of para-hydroxylation sites is 1. The number of anilines is 1. The summed E-state index contributed by atoms with van der Waals surface area (Å²) in [6, 6.07) is 6.33. The first-order valence-corrected chi connectivity index (χ1v) is 7.92. The molecule has 0 aromatic heterocycles. The Labute approximate surface area is 139 Å². The van der Waals surface area contributed by atoms with Gasteiger partial charge < -0.3 is 4.90 Å². The molecule has 126 valence electrons. The Bertz CT molecular complexity index is 743. The van der Waals surface area contributed by atoms with Crippen LogP contribution in [0.3, 0.4) is 0 Å². The van der Waals surface area contributed by atoms with Crippen molar-refractivity contribution in [2.45, 2.75) is 39.3 Å². The lowest BCUT2D eigenvalue weighted by molar-refractivity contribution is -0.144. The lowest BCUT2D eigenvalue weighted by Gasteiger charge is -2.25. The number of fused-ring (bicyclic) bond motifs is 1. The minimum absolute atomic E-state index is 0.0559. The van der Waals surface area contributed by atoms with Gasteiger partial charge in [-0.2, -0.15) is 0 Å². The molecule has 0 N–H and O–H groups in total. The summed E-state index contributed by atoms with van der Waals surface area (Å²) in [6.07, 6.45) is 0.723. The highest BCUT2D eigenvalue weighted by molar-refractivity contribution is 6.45. The van der Waals surface area contributed by atoms with Crippen LogP contribution in [-0.2, 0) is 20.8 Å². The van der Waals surface area contributed by atoms with E-state index in [-0.39, 0.29) is 11.9 Å². The molecule has 1 atom stereocenters. The first-order valence-electron chi connectivity index (χ1n) is 7.92. The minimum Gasteiger partial charge on any atom is -0.307 e. The van der Waals surface area contributed by atoms with Crippen molar-refractivity contribution in [3.8, 4) is 0 Å². The monoisotopic (exact) mass is 329 g/mol. The van der Waals surface area contributed by atoms with Crippen LogP contribution in [0.5, 0.6) is 0 Å². The van der Waals surface area contributed by atoms with E-state index in [4.69, 9.17) is 0 Å². The van der Waals surface area contributed by atoms with Crippen LogP contribution in [-0.4, -0.2) is 52.2 Å². The van der Waals surface area contributed by atoms with E-state index in [2.05, 4.69) is 0 Å². The molecule has 2 aliphatic rings. The van der Waals surface area contributed by atoms with E-state index < -0.39 is 30.4 Å². The minimum atomic E-state index is -0.942. The normalized spacial score (nSPS) is 20.4. The predicted octanol–water partition coefficient (Wildman–Crippen LogP) is 1.16. The van der Waals surface area contributed by atoms with Gasteiger partial charge in [0.2, 0.25) is 5.91 Å². The number of rotatable bonds is 3. The van der Waals surface area contributed by atoms with E-state index >= 15 is 0 Å². The molecular formula is C17H19N3O4. The molecule has 1 unspecified atom stereocenters. The molecule has 2 aliphatic heterocycles. The highest BCUT2D eigenvalue weighted by atomic mass is 16.2. The van der Waals surface area contributed by atoms with E-state index in [0.717, 1.165) is 27.5 Å². The van der Waals surface area contributed by atoms with Crippen LogP contribution in [0, 0.1) is 0 Å². The predicted molar refractivity (Wildman–Crippen MR) is 86.2 cm³/mol. The quantitative estimate of drug-likeness (QED) is 0.616. The maximum Gasteiger partial charge on any atom is 0.334 e. The first kappa shape index (κ1) is 16.2. The van der Waals surface area contributed by atoms with Gasteiger partial charge in [0.1, 0.15) is 6.54 Å². The van der Waals surface area contributed by atoms with Gasteiger partial charge in [-0.3, -0.25) is 19.3 Å². The lowest BCUT2D eigenvalue weighted by atomic mass is 10.1. The molecule has 1 aromatic carbocycles. The van der Waals surface area contributed by atoms with Crippen LogP contribution in [0.4, 0.5) is 10.5 Å². The Morgan fingerprint density at radius 3 is 2.46 bits per heavy atom. The van der Waals surface area contributed by atoms with E-state index in [0.29, 0.717) is 0 Å². The Morgan fingerprint density at radius 1 is 1.17 bits per heavy atom. The van der Waals surface area contributed by atoms with Crippen LogP contribution in [0.1, 0.15) is 26.3 Å². The smallest absolute Gasteiger partial charge is 0.307 e. The van der Waals surface area contributed by atoms with Crippen molar-refractivity contribution in [3.63, 3.8) is 0 Å². The van der Waals surface area contributed by atoms with Crippen molar-refractivity contribution in [1.82, 2.24) is 9.80 Å². The number of urea groups is 1. The number of nitrogens with zero attached hydrogens (tertiary/aromatic N) is 3. The second kappa shape index (κ2) is 5.74. The maximum absolute atomic E-state index is 12.7. The highest BCUT2D eigenvalue weighted by Crippen LogP contribution is 2.32. The van der Waals surface area contributed by atoms with Gasteiger partial charge in [0.25, 0.3) is 0 Å². The van der Waals surface area contributed by atoms with Gasteiger partial charge in [-0.15, -0.1) is 0 Å². The summed E-state index contributed by atoms with van der Waals surface area (Å²) < 4.78 is 0. The number of imide groups is 2. The molecule has 7 heteroatoms. The largest absolute Gasteiger partial charge is 0.334 e. The molecule has 1 saturated heterocycles. The van der Waals surface area contributed by atoms with E-state index in [1.54, 1.807) is 18.7 Å². The summed E-state index contributed by atoms with van der Waals surface area (Å²) in [5, 5.41) is 0. The first-order chi connectivity index (χ1) is 11.3. The molecule has 5 amide bonds. The number of carbonyl (C=O) groups is 4. The summed E-state index contributed by atoms with van der Waals surface area (Å²) >= 11 is 0. The van der Waals surface area contributed by atoms with E-state index in [1.165, 1.54) is 0 Å². The van der Waals surface area contributed by atoms with E-state index in [1.807, 2.05) is 31.2 Å². The van der Waals surface area contributed by atoms with Gasteiger partial charge in [-0.25, -0.2) is 9.69 Å². The van der Waals surface area contributed by atoms with Crippen molar-refractivity contribution in [1.29, 1.82) is 0 Å². The van der Waals surface area contributed by atoms with Gasteiger partial charge >= 0.3 is 17.8 Å². The molecule has 24 heavy (non-hydrogen) atoms. The molecule has 1 fully saturated rings. The molecule has 3 rings (SSSR count). The third-order valence-electron chi connectivity index (χ3n) is 4.37. The average Bonchev–Trinajstić information content (AvgIpc) is 2.96. The second-order valence-electron chi connectivity index (χ2n) is 6.39. The maximum atomic E-state index is 12.7. The SMILES string of the molecule is CC(C)N1C(=O)C(=O)N(CC(=O)N2c3ccccc3CC2C)C1=O. The molecule has 7 nitrogen and oxygen atoms in total. The number of benzene rings is 1. The van der Waals surface area contributed by atoms with Crippen molar-refractivity contribution >= 4 is 29.4 Å². The second-order valence-corrected chi connectivity index (χ2v) is 6.39. The molecular weight excluding hydrogens is 310 g/mol. The zero-order chi connectivity index (χ0) is 17.6. The molecule has 0 saturated carbocycles. The van der Waals surface area contributed by atoms with Crippen LogP contribution in [0.15, 0.2) is 24.3 Å². The summed E-state index contributed by atoms with van der Waals surface area (Å²) in [6.45, 7) is 4.78. The Morgan fingerprint density at radius 2 is 1.83 bits per heavy atom. The van der Waals surface area contributed by atoms with Gasteiger partial charge in [0, 0.05) is 17.8 Å². The summed E-state index contributed by atoms with van der Waals surface area (Å²) in [5.74, 6) is -2.19. The van der Waals surface area contributed by atoms with Gasteiger partial charge in [0.15, 0.2) is 0 Å². The Kier molecular flexibility index (Phi) is 3.87. The molecule has 2 heterocycles. The zero-order valence-electron chi connectivity index (χ0n) is 13.9. The zero-order valence-corrected chi connectivity index (χ0v) is 13.9. The Balaban J connectivity index is 1.82. The van der Waals surface area contributed by atoms with Gasteiger partial charge in [-0.05, 0) is 38.8 Å². The molecule has 0 radical (unpaired) electrons. The van der Waals surface area contributed by atoms with Crippen molar-refractivity contribution in [3.05, 3.63) is 29.8 Å². The summed E-state index contributed by atoms with van der Waals surface area (Å²) in [5.41, 5.74) is 1.85. The topological polar surface area (TPSA) is 78.0 Å². The fourth-order valence-electron chi connectivity index (χ4n) is 3.27. The third kappa shape index (κ3) is 2.36. The fourth-order valence-corrected chi connectivity index (χ4v) is 3.27. The number of carbonyl (C=O) groups excluding carboxylic acids is 4. The number of hydrogen-bond acceptors (Lipinski definition) is 4. The van der Waals surface area contributed by atoms with Crippen molar-refractivity contribution in [2.24, 2.45) is 0 Å². The fraction of sp³-hybridized carbons (Fsp3) is 0.412. The molecule has 0 spiro atoms. The highest BCUT2D eigenvalue weighted by Gasteiger charge is 2.47. The van der Waals surface area contributed by atoms with Crippen LogP contribution in [0.2, 0.25) is 0 Å². The average molecular weight is 329 g/mol. The third-order valence-corrected chi connectivity index (χ3v) is 4.37. The standard InChI is InChI=1S/C17H19N3O4/c1-10(2)19-16(23)15(22)18(17(19)24)9-14(21)20-11(3)8-12-6-4-5-7-13(12)20/h4-7,10-11H,8-9H2,1-3H3. The Hall–Kier alpha value is -2.70. The number of hydrogen-bond donors (Lipinski definition) is 0. The van der Waals surface area contributed by atoms with Crippen molar-refractivity contribution in [2.75, 3.05) is 11.4 Å². The van der Waals surface area contributed by atoms with Crippen LogP contribution >= 0.6 is 0 Å². The summed E-state index contributed by atoms with van der Waals surface area (Å²) in [7, 11) is 0. The number of amides is 5. The van der Waals surface area contributed by atoms with Crippen LogP contribution in [0.25, 0.3) is 0 Å². The van der Waals surface area contributed by atoms with E-state index in [9.17, 15) is 19.2 Å². The molecule has 0 aliphatic carbocycles. The molecule has 1 aromatic rings. The lowest BCUT2D eigenvalue weighted by Crippen LogP contribution is -2.46. The van der Waals surface area contributed by atoms with Gasteiger partial charge in [-0.1, -0.05) is 18.2 Å². The van der Waals surface area contributed by atoms with Crippen LogP contribution < -0.4 is 4.90 Å².